The van der Waals surface area contributed by atoms with Crippen molar-refractivity contribution < 1.29 is 10.0 Å². The first-order valence-electron chi connectivity index (χ1n) is 7.07. The van der Waals surface area contributed by atoms with Crippen LogP contribution in [0.2, 0.25) is 0 Å². The Kier molecular flexibility index (Phi) is 3.28. The third-order valence-electron chi connectivity index (χ3n) is 4.01. The second-order valence-corrected chi connectivity index (χ2v) is 5.06. The molecule has 0 bridgehead atoms. The Hall–Kier alpha value is -1.78. The minimum absolute atomic E-state index is 0.610. The first-order valence-corrected chi connectivity index (χ1v) is 7.07. The fraction of sp³-hybridized carbons (Fsp3) is 0.250. The number of hydrogen-bond acceptors (Lipinski definition) is 2. The van der Waals surface area contributed by atoms with Crippen LogP contribution in [0.3, 0.4) is 0 Å². The van der Waals surface area contributed by atoms with Crippen LogP contribution in [-0.4, -0.2) is 21.7 Å². The summed E-state index contributed by atoms with van der Waals surface area (Å²) in [6, 6.07) is 12.3. The molecule has 3 rings (SSSR count). The van der Waals surface area contributed by atoms with Crippen molar-refractivity contribution in [3.05, 3.63) is 42.0 Å². The minimum Gasteiger partial charge on any atom is -0.423 e. The molecule has 1 aromatic heterocycles. The summed E-state index contributed by atoms with van der Waals surface area (Å²) in [6.07, 6.45) is 0.786. The lowest BCUT2D eigenvalue weighted by atomic mass is 9.75. The number of nitrogens with zero attached hydrogens (tertiary/aromatic N) is 1. The fourth-order valence-corrected chi connectivity index (χ4v) is 3.04. The molecule has 2 N–H and O–H groups in total. The summed E-state index contributed by atoms with van der Waals surface area (Å²) < 4.78 is 2.28. The van der Waals surface area contributed by atoms with Gasteiger partial charge in [0.15, 0.2) is 0 Å². The molecule has 3 aromatic rings. The van der Waals surface area contributed by atoms with Crippen molar-refractivity contribution in [2.75, 3.05) is 0 Å². The van der Waals surface area contributed by atoms with Crippen LogP contribution in [-0.2, 0) is 13.0 Å². The van der Waals surface area contributed by atoms with Crippen LogP contribution in [0.5, 0.6) is 0 Å². The van der Waals surface area contributed by atoms with E-state index >= 15 is 0 Å². The van der Waals surface area contributed by atoms with E-state index in [-0.39, 0.29) is 0 Å². The predicted molar refractivity (Wildman–Crippen MR) is 84.3 cm³/mol. The lowest BCUT2D eigenvalue weighted by Gasteiger charge is -2.09. The summed E-state index contributed by atoms with van der Waals surface area (Å²) in [4.78, 5) is 0. The molecule has 0 atom stereocenters. The number of para-hydroxylation sites is 1. The first kappa shape index (κ1) is 13.2. The van der Waals surface area contributed by atoms with Crippen molar-refractivity contribution >= 4 is 34.4 Å². The molecule has 0 amide bonds. The fourth-order valence-electron chi connectivity index (χ4n) is 3.04. The van der Waals surface area contributed by atoms with E-state index in [9.17, 15) is 10.0 Å². The summed E-state index contributed by atoms with van der Waals surface area (Å²) in [5, 5.41) is 21.4. The molecule has 0 fully saturated rings. The molecule has 20 heavy (non-hydrogen) atoms. The zero-order chi connectivity index (χ0) is 14.3. The van der Waals surface area contributed by atoms with Gasteiger partial charge in [-0.15, -0.1) is 0 Å². The standard InChI is InChI=1S/C16H18BNO2/c1-3-11-9-16-13(10-14(11)17(19)20)12-7-5-6-8-15(12)18(16)4-2/h5-10,19-20H,3-4H2,1-2H3. The van der Waals surface area contributed by atoms with Crippen LogP contribution in [0, 0.1) is 0 Å². The Balaban J connectivity index is 2.47. The molecule has 0 spiro atoms. The number of benzene rings is 2. The Morgan fingerprint density at radius 3 is 2.40 bits per heavy atom. The van der Waals surface area contributed by atoms with Gasteiger partial charge in [0.25, 0.3) is 0 Å². The molecule has 0 aliphatic heterocycles. The van der Waals surface area contributed by atoms with Gasteiger partial charge in [-0.3, -0.25) is 0 Å². The molecule has 1 heterocycles. The number of rotatable bonds is 3. The average molecular weight is 267 g/mol. The quantitative estimate of drug-likeness (QED) is 0.713. The second kappa shape index (κ2) is 4.96. The largest absolute Gasteiger partial charge is 0.488 e. The number of fused-ring (bicyclic) bond motifs is 3. The first-order chi connectivity index (χ1) is 9.67. The van der Waals surface area contributed by atoms with Crippen molar-refractivity contribution in [2.24, 2.45) is 0 Å². The monoisotopic (exact) mass is 267 g/mol. The van der Waals surface area contributed by atoms with Crippen molar-refractivity contribution in [1.82, 2.24) is 4.57 Å². The SMILES string of the molecule is CCc1cc2c(cc1B(O)O)c1ccccc1n2CC. The van der Waals surface area contributed by atoms with Gasteiger partial charge in [0, 0.05) is 28.4 Å². The molecular formula is C16H18BNO2. The lowest BCUT2D eigenvalue weighted by molar-refractivity contribution is 0.425. The van der Waals surface area contributed by atoms with E-state index in [1.165, 1.54) is 5.52 Å². The van der Waals surface area contributed by atoms with Gasteiger partial charge in [0.05, 0.1) is 0 Å². The third-order valence-corrected chi connectivity index (χ3v) is 4.01. The number of aryl methyl sites for hydroxylation is 2. The normalized spacial score (nSPS) is 11.4. The van der Waals surface area contributed by atoms with Crippen LogP contribution in [0.1, 0.15) is 19.4 Å². The molecule has 0 radical (unpaired) electrons. The molecule has 102 valence electrons. The molecular weight excluding hydrogens is 249 g/mol. The maximum absolute atomic E-state index is 9.58. The van der Waals surface area contributed by atoms with E-state index in [1.54, 1.807) is 0 Å². The third kappa shape index (κ3) is 1.84. The van der Waals surface area contributed by atoms with Gasteiger partial charge in [-0.25, -0.2) is 0 Å². The van der Waals surface area contributed by atoms with E-state index in [4.69, 9.17) is 0 Å². The zero-order valence-electron chi connectivity index (χ0n) is 11.8. The Bertz CT molecular complexity index is 777. The molecule has 3 nitrogen and oxygen atoms in total. The van der Waals surface area contributed by atoms with E-state index < -0.39 is 7.12 Å². The summed E-state index contributed by atoms with van der Waals surface area (Å²) in [5.41, 5.74) is 3.95. The van der Waals surface area contributed by atoms with E-state index in [0.29, 0.717) is 5.46 Å². The van der Waals surface area contributed by atoms with E-state index in [2.05, 4.69) is 29.7 Å². The van der Waals surface area contributed by atoms with Crippen molar-refractivity contribution in [3.8, 4) is 0 Å². The topological polar surface area (TPSA) is 45.4 Å². The summed E-state index contributed by atoms with van der Waals surface area (Å²) in [5.74, 6) is 0. The Morgan fingerprint density at radius 2 is 1.75 bits per heavy atom. The average Bonchev–Trinajstić information content (AvgIpc) is 2.78. The number of hydrogen-bond donors (Lipinski definition) is 2. The summed E-state index contributed by atoms with van der Waals surface area (Å²) in [6.45, 7) is 5.06. The van der Waals surface area contributed by atoms with Gasteiger partial charge >= 0.3 is 7.12 Å². The molecule has 0 saturated carbocycles. The molecule has 2 aromatic carbocycles. The van der Waals surface area contributed by atoms with Gasteiger partial charge in [-0.1, -0.05) is 31.2 Å². The van der Waals surface area contributed by atoms with Gasteiger partial charge in [0.1, 0.15) is 0 Å². The maximum Gasteiger partial charge on any atom is 0.488 e. The van der Waals surface area contributed by atoms with Gasteiger partial charge in [-0.05, 0) is 36.5 Å². The van der Waals surface area contributed by atoms with Gasteiger partial charge in [-0.2, -0.15) is 0 Å². The molecule has 0 aliphatic rings. The number of aromatic nitrogens is 1. The highest BCUT2D eigenvalue weighted by Gasteiger charge is 2.19. The smallest absolute Gasteiger partial charge is 0.423 e. The second-order valence-electron chi connectivity index (χ2n) is 5.06. The van der Waals surface area contributed by atoms with Gasteiger partial charge < -0.3 is 14.6 Å². The molecule has 0 aliphatic carbocycles. The highest BCUT2D eigenvalue weighted by molar-refractivity contribution is 6.59. The van der Waals surface area contributed by atoms with Crippen LogP contribution in [0.25, 0.3) is 21.8 Å². The maximum atomic E-state index is 9.58. The van der Waals surface area contributed by atoms with E-state index in [0.717, 1.165) is 34.8 Å². The predicted octanol–water partition coefficient (Wildman–Crippen LogP) is 2.06. The Morgan fingerprint density at radius 1 is 1.00 bits per heavy atom. The van der Waals surface area contributed by atoms with Crippen LogP contribution >= 0.6 is 0 Å². The van der Waals surface area contributed by atoms with Crippen molar-refractivity contribution in [2.45, 2.75) is 26.8 Å². The summed E-state index contributed by atoms with van der Waals surface area (Å²) in [7, 11) is -1.42. The molecule has 0 saturated heterocycles. The zero-order valence-corrected chi connectivity index (χ0v) is 11.8. The Labute approximate surface area is 118 Å². The van der Waals surface area contributed by atoms with E-state index in [1.807, 2.05) is 25.1 Å². The lowest BCUT2D eigenvalue weighted by Crippen LogP contribution is -2.32. The highest BCUT2D eigenvalue weighted by atomic mass is 16.4. The molecule has 4 heteroatoms. The van der Waals surface area contributed by atoms with Crippen LogP contribution in [0.4, 0.5) is 0 Å². The van der Waals surface area contributed by atoms with Crippen LogP contribution in [0.15, 0.2) is 36.4 Å². The van der Waals surface area contributed by atoms with Gasteiger partial charge in [0.2, 0.25) is 0 Å². The minimum atomic E-state index is -1.42. The van der Waals surface area contributed by atoms with Crippen LogP contribution < -0.4 is 5.46 Å². The molecule has 0 unspecified atom stereocenters. The highest BCUT2D eigenvalue weighted by Crippen LogP contribution is 2.29. The van der Waals surface area contributed by atoms with Crippen molar-refractivity contribution in [1.29, 1.82) is 0 Å². The summed E-state index contributed by atoms with van der Waals surface area (Å²) >= 11 is 0. The van der Waals surface area contributed by atoms with Crippen molar-refractivity contribution in [3.63, 3.8) is 0 Å².